The first-order chi connectivity index (χ1) is 7.15. The second kappa shape index (κ2) is 4.47. The highest BCUT2D eigenvalue weighted by molar-refractivity contribution is 9.10. The molecule has 0 aliphatic carbocycles. The van der Waals surface area contributed by atoms with Crippen LogP contribution in [0.15, 0.2) is 22.7 Å². The van der Waals surface area contributed by atoms with Gasteiger partial charge < -0.3 is 10.1 Å². The minimum atomic E-state index is -0.245. The van der Waals surface area contributed by atoms with E-state index < -0.39 is 0 Å². The molecule has 1 aliphatic heterocycles. The van der Waals surface area contributed by atoms with Crippen LogP contribution in [0.4, 0.5) is 10.1 Å². The number of hydrogen-bond donors (Lipinski definition) is 1. The predicted octanol–water partition coefficient (Wildman–Crippen LogP) is 2.10. The van der Waals surface area contributed by atoms with Gasteiger partial charge >= 0.3 is 0 Å². The molecule has 82 valence electrons. The van der Waals surface area contributed by atoms with Gasteiger partial charge in [-0.2, -0.15) is 5.06 Å². The van der Waals surface area contributed by atoms with Crippen LogP contribution in [0.3, 0.4) is 0 Å². The van der Waals surface area contributed by atoms with Crippen molar-refractivity contribution in [1.29, 1.82) is 0 Å². The van der Waals surface area contributed by atoms with Gasteiger partial charge in [0, 0.05) is 36.3 Å². The van der Waals surface area contributed by atoms with Crippen molar-refractivity contribution >= 4 is 21.6 Å². The molecule has 15 heavy (non-hydrogen) atoms. The summed E-state index contributed by atoms with van der Waals surface area (Å²) >= 11 is 3.26. The van der Waals surface area contributed by atoms with Gasteiger partial charge in [0.05, 0.1) is 0 Å². The van der Waals surface area contributed by atoms with E-state index in [-0.39, 0.29) is 5.82 Å². The lowest BCUT2D eigenvalue weighted by atomic mass is 10.2. The largest absolute Gasteiger partial charge is 0.369 e. The van der Waals surface area contributed by atoms with Crippen molar-refractivity contribution < 1.29 is 9.60 Å². The number of hydroxylamine groups is 2. The van der Waals surface area contributed by atoms with Gasteiger partial charge in [-0.05, 0) is 18.2 Å². The van der Waals surface area contributed by atoms with Gasteiger partial charge in [-0.25, -0.2) is 4.39 Å². The van der Waals surface area contributed by atoms with Crippen LogP contribution in [0.25, 0.3) is 0 Å². The Bertz CT molecular complexity index is 333. The van der Waals surface area contributed by atoms with Gasteiger partial charge in [-0.1, -0.05) is 15.9 Å². The minimum Gasteiger partial charge on any atom is -0.369 e. The summed E-state index contributed by atoms with van der Waals surface area (Å²) in [4.78, 5) is 2.06. The van der Waals surface area contributed by atoms with Crippen LogP contribution in [-0.2, 0) is 0 Å². The summed E-state index contributed by atoms with van der Waals surface area (Å²) in [5.74, 6) is -0.245. The Labute approximate surface area is 96.2 Å². The molecule has 0 bridgehead atoms. The SMILES string of the molecule is ON1CCN(c2cc(F)cc(Br)c2)CC1. The first-order valence-electron chi connectivity index (χ1n) is 4.80. The number of nitrogens with zero attached hydrogens (tertiary/aromatic N) is 2. The maximum Gasteiger partial charge on any atom is 0.126 e. The average Bonchev–Trinajstić information content (AvgIpc) is 2.17. The number of piperazine rings is 1. The summed E-state index contributed by atoms with van der Waals surface area (Å²) in [6, 6.07) is 4.83. The van der Waals surface area contributed by atoms with E-state index in [0.29, 0.717) is 26.2 Å². The molecule has 5 heteroatoms. The van der Waals surface area contributed by atoms with Gasteiger partial charge in [0.1, 0.15) is 5.82 Å². The Morgan fingerprint density at radius 1 is 1.13 bits per heavy atom. The van der Waals surface area contributed by atoms with E-state index in [1.54, 1.807) is 0 Å². The molecular formula is C10H12BrFN2O. The Balaban J connectivity index is 2.15. The van der Waals surface area contributed by atoms with Crippen molar-refractivity contribution in [2.45, 2.75) is 0 Å². The minimum absolute atomic E-state index is 0.245. The maximum absolute atomic E-state index is 13.1. The van der Waals surface area contributed by atoms with Gasteiger partial charge in [0.15, 0.2) is 0 Å². The summed E-state index contributed by atoms with van der Waals surface area (Å²) in [5, 5.41) is 10.5. The third-order valence-corrected chi connectivity index (χ3v) is 2.93. The molecule has 0 amide bonds. The van der Waals surface area contributed by atoms with Crippen molar-refractivity contribution in [2.75, 3.05) is 31.1 Å². The smallest absolute Gasteiger partial charge is 0.126 e. The van der Waals surface area contributed by atoms with Gasteiger partial charge in [0.25, 0.3) is 0 Å². The van der Waals surface area contributed by atoms with Crippen LogP contribution in [0.5, 0.6) is 0 Å². The molecule has 1 aromatic carbocycles. The van der Waals surface area contributed by atoms with Crippen LogP contribution >= 0.6 is 15.9 Å². The molecule has 1 aliphatic rings. The predicted molar refractivity (Wildman–Crippen MR) is 59.7 cm³/mol. The number of rotatable bonds is 1. The second-order valence-electron chi connectivity index (χ2n) is 3.57. The van der Waals surface area contributed by atoms with Crippen LogP contribution in [-0.4, -0.2) is 36.4 Å². The quantitative estimate of drug-likeness (QED) is 0.850. The lowest BCUT2D eigenvalue weighted by Crippen LogP contribution is -2.44. The van der Waals surface area contributed by atoms with E-state index in [4.69, 9.17) is 0 Å². The van der Waals surface area contributed by atoms with Crippen LogP contribution < -0.4 is 4.90 Å². The van der Waals surface area contributed by atoms with Crippen molar-refractivity contribution in [3.63, 3.8) is 0 Å². The fraction of sp³-hybridized carbons (Fsp3) is 0.400. The fourth-order valence-corrected chi connectivity index (χ4v) is 2.13. The maximum atomic E-state index is 13.1. The Morgan fingerprint density at radius 3 is 2.40 bits per heavy atom. The highest BCUT2D eigenvalue weighted by atomic mass is 79.9. The number of anilines is 1. The summed E-state index contributed by atoms with van der Waals surface area (Å²) < 4.78 is 13.9. The molecule has 1 heterocycles. The number of hydrogen-bond acceptors (Lipinski definition) is 3. The Morgan fingerprint density at radius 2 is 1.80 bits per heavy atom. The normalized spacial score (nSPS) is 18.2. The standard InChI is InChI=1S/C10H12BrFN2O/c11-8-5-9(12)7-10(6-8)13-1-3-14(15)4-2-13/h5-7,15H,1-4H2. The van der Waals surface area contributed by atoms with E-state index >= 15 is 0 Å². The summed E-state index contributed by atoms with van der Waals surface area (Å²) in [6.07, 6.45) is 0. The van der Waals surface area contributed by atoms with Gasteiger partial charge in [-0.15, -0.1) is 0 Å². The molecule has 2 rings (SSSR count). The highest BCUT2D eigenvalue weighted by Gasteiger charge is 2.16. The third kappa shape index (κ3) is 2.68. The summed E-state index contributed by atoms with van der Waals surface area (Å²) in [7, 11) is 0. The molecule has 0 unspecified atom stereocenters. The molecule has 1 saturated heterocycles. The van der Waals surface area contributed by atoms with E-state index in [0.717, 1.165) is 10.2 Å². The van der Waals surface area contributed by atoms with Crippen molar-refractivity contribution in [3.8, 4) is 0 Å². The zero-order chi connectivity index (χ0) is 10.8. The average molecular weight is 275 g/mol. The summed E-state index contributed by atoms with van der Waals surface area (Å²) in [6.45, 7) is 2.61. The van der Waals surface area contributed by atoms with E-state index in [1.807, 2.05) is 6.07 Å². The number of benzene rings is 1. The van der Waals surface area contributed by atoms with E-state index in [1.165, 1.54) is 17.2 Å². The lowest BCUT2D eigenvalue weighted by Gasteiger charge is -2.32. The molecule has 3 nitrogen and oxygen atoms in total. The van der Waals surface area contributed by atoms with Gasteiger partial charge in [0.2, 0.25) is 0 Å². The summed E-state index contributed by atoms with van der Waals surface area (Å²) in [5.41, 5.74) is 0.856. The van der Waals surface area contributed by atoms with Crippen LogP contribution in [0.1, 0.15) is 0 Å². The van der Waals surface area contributed by atoms with Crippen LogP contribution in [0.2, 0.25) is 0 Å². The zero-order valence-corrected chi connectivity index (χ0v) is 9.74. The molecule has 0 radical (unpaired) electrons. The zero-order valence-electron chi connectivity index (χ0n) is 8.16. The third-order valence-electron chi connectivity index (χ3n) is 2.47. The molecule has 1 fully saturated rings. The number of halogens is 2. The van der Waals surface area contributed by atoms with E-state index in [9.17, 15) is 9.60 Å². The molecule has 0 spiro atoms. The van der Waals surface area contributed by atoms with Crippen molar-refractivity contribution in [1.82, 2.24) is 5.06 Å². The Hall–Kier alpha value is -0.650. The molecule has 0 atom stereocenters. The Kier molecular flexibility index (Phi) is 3.23. The van der Waals surface area contributed by atoms with E-state index in [2.05, 4.69) is 20.8 Å². The first kappa shape index (κ1) is 10.9. The van der Waals surface area contributed by atoms with Crippen molar-refractivity contribution in [2.24, 2.45) is 0 Å². The molecule has 1 aromatic rings. The fourth-order valence-electron chi connectivity index (χ4n) is 1.68. The second-order valence-corrected chi connectivity index (χ2v) is 4.48. The molecule has 1 N–H and O–H groups in total. The lowest BCUT2D eigenvalue weighted by molar-refractivity contribution is -0.0935. The van der Waals surface area contributed by atoms with Gasteiger partial charge in [-0.3, -0.25) is 0 Å². The highest BCUT2D eigenvalue weighted by Crippen LogP contribution is 2.22. The topological polar surface area (TPSA) is 26.7 Å². The molecule has 0 saturated carbocycles. The van der Waals surface area contributed by atoms with Crippen molar-refractivity contribution in [3.05, 3.63) is 28.5 Å². The molecular weight excluding hydrogens is 263 g/mol. The van der Waals surface area contributed by atoms with Crippen LogP contribution in [0, 0.1) is 5.82 Å². The monoisotopic (exact) mass is 274 g/mol. The molecule has 0 aromatic heterocycles. The first-order valence-corrected chi connectivity index (χ1v) is 5.59.